The summed E-state index contributed by atoms with van der Waals surface area (Å²) in [4.78, 5) is 2.37. The minimum Gasteiger partial charge on any atom is -0.457 e. The molecule has 0 aliphatic heterocycles. The molecule has 0 unspecified atom stereocenters. The smallest absolute Gasteiger partial charge is 0.135 e. The van der Waals surface area contributed by atoms with Crippen molar-refractivity contribution in [2.75, 3.05) is 18.0 Å². The largest absolute Gasteiger partial charge is 0.457 e. The van der Waals surface area contributed by atoms with Gasteiger partial charge in [0.2, 0.25) is 0 Å². The molecule has 0 fully saturated rings. The van der Waals surface area contributed by atoms with Crippen LogP contribution in [-0.2, 0) is 12.8 Å². The second-order valence-corrected chi connectivity index (χ2v) is 6.72. The molecular weight excluding hydrogens is 306 g/mol. The van der Waals surface area contributed by atoms with Crippen LogP contribution in [0.2, 0.25) is 0 Å². The standard InChI is InChI=1S/C23H25NO/c1-3-24(4-2)20-12-14-22-19(15-20)9-6-10-23(22)25-21-13-11-17-7-5-8-18(17)16-21/h6,9-16H,3-5,7-8H2,1-2H3. The van der Waals surface area contributed by atoms with Crippen molar-refractivity contribution < 1.29 is 4.74 Å². The Balaban J connectivity index is 1.68. The highest BCUT2D eigenvalue weighted by atomic mass is 16.5. The topological polar surface area (TPSA) is 12.5 Å². The lowest BCUT2D eigenvalue weighted by atomic mass is 10.1. The zero-order valence-corrected chi connectivity index (χ0v) is 15.1. The Hall–Kier alpha value is -2.48. The molecule has 0 saturated heterocycles. The van der Waals surface area contributed by atoms with E-state index in [9.17, 15) is 0 Å². The van der Waals surface area contributed by atoms with Crippen molar-refractivity contribution >= 4 is 16.5 Å². The second-order valence-electron chi connectivity index (χ2n) is 6.72. The van der Waals surface area contributed by atoms with Crippen LogP contribution >= 0.6 is 0 Å². The summed E-state index contributed by atoms with van der Waals surface area (Å²) in [5, 5.41) is 2.39. The predicted molar refractivity (Wildman–Crippen MR) is 106 cm³/mol. The molecule has 2 nitrogen and oxygen atoms in total. The SMILES string of the molecule is CCN(CC)c1ccc2c(Oc3ccc4c(c3)CCC4)cccc2c1. The first-order valence-corrected chi connectivity index (χ1v) is 9.36. The molecule has 0 radical (unpaired) electrons. The van der Waals surface area contributed by atoms with Gasteiger partial charge in [0.25, 0.3) is 0 Å². The second kappa shape index (κ2) is 6.79. The van der Waals surface area contributed by atoms with Gasteiger partial charge in [-0.3, -0.25) is 0 Å². The Bertz CT molecular complexity index is 896. The van der Waals surface area contributed by atoms with Crippen LogP contribution in [0.25, 0.3) is 10.8 Å². The fourth-order valence-electron chi connectivity index (χ4n) is 3.85. The summed E-state index contributed by atoms with van der Waals surface area (Å²) < 4.78 is 6.26. The van der Waals surface area contributed by atoms with Gasteiger partial charge in [-0.25, -0.2) is 0 Å². The number of benzene rings is 3. The molecular formula is C23H25NO. The molecule has 0 atom stereocenters. The van der Waals surface area contributed by atoms with E-state index in [0.29, 0.717) is 0 Å². The third-order valence-corrected chi connectivity index (χ3v) is 5.25. The van der Waals surface area contributed by atoms with Crippen molar-refractivity contribution in [1.82, 2.24) is 0 Å². The average Bonchev–Trinajstić information content (AvgIpc) is 3.11. The molecule has 1 aliphatic carbocycles. The summed E-state index contributed by atoms with van der Waals surface area (Å²) in [6.45, 7) is 6.43. The highest BCUT2D eigenvalue weighted by molar-refractivity contribution is 5.91. The number of ether oxygens (including phenoxy) is 1. The van der Waals surface area contributed by atoms with Crippen LogP contribution in [0.3, 0.4) is 0 Å². The van der Waals surface area contributed by atoms with E-state index >= 15 is 0 Å². The zero-order chi connectivity index (χ0) is 17.2. The van der Waals surface area contributed by atoms with Crippen molar-refractivity contribution in [2.24, 2.45) is 0 Å². The first-order valence-electron chi connectivity index (χ1n) is 9.36. The maximum Gasteiger partial charge on any atom is 0.135 e. The predicted octanol–water partition coefficient (Wildman–Crippen LogP) is 5.97. The number of hydrogen-bond acceptors (Lipinski definition) is 2. The summed E-state index contributed by atoms with van der Waals surface area (Å²) in [6.07, 6.45) is 3.65. The summed E-state index contributed by atoms with van der Waals surface area (Å²) in [6, 6.07) is 19.5. The van der Waals surface area contributed by atoms with Gasteiger partial charge in [0.15, 0.2) is 0 Å². The minimum atomic E-state index is 0.932. The van der Waals surface area contributed by atoms with Gasteiger partial charge in [0, 0.05) is 24.2 Å². The third-order valence-electron chi connectivity index (χ3n) is 5.25. The van der Waals surface area contributed by atoms with Crippen molar-refractivity contribution in [3.05, 3.63) is 65.7 Å². The first kappa shape index (κ1) is 16.0. The number of hydrogen-bond donors (Lipinski definition) is 0. The Kier molecular flexibility index (Phi) is 4.35. The third kappa shape index (κ3) is 3.09. The van der Waals surface area contributed by atoms with Gasteiger partial charge in [-0.1, -0.05) is 18.2 Å². The lowest BCUT2D eigenvalue weighted by Crippen LogP contribution is -2.21. The lowest BCUT2D eigenvalue weighted by molar-refractivity contribution is 0.487. The van der Waals surface area contributed by atoms with Gasteiger partial charge in [0.05, 0.1) is 0 Å². The molecule has 0 N–H and O–H groups in total. The van der Waals surface area contributed by atoms with Gasteiger partial charge in [0.1, 0.15) is 11.5 Å². The number of rotatable bonds is 5. The van der Waals surface area contributed by atoms with Crippen molar-refractivity contribution in [3.63, 3.8) is 0 Å². The molecule has 3 aromatic carbocycles. The number of aryl methyl sites for hydroxylation is 2. The summed E-state index contributed by atoms with van der Waals surface area (Å²) >= 11 is 0. The molecule has 0 amide bonds. The van der Waals surface area contributed by atoms with Crippen LogP contribution in [0.4, 0.5) is 5.69 Å². The van der Waals surface area contributed by atoms with Gasteiger partial charge < -0.3 is 9.64 Å². The lowest BCUT2D eigenvalue weighted by Gasteiger charge is -2.21. The first-order chi connectivity index (χ1) is 12.3. The molecule has 2 heteroatoms. The molecule has 0 saturated carbocycles. The van der Waals surface area contributed by atoms with E-state index < -0.39 is 0 Å². The van der Waals surface area contributed by atoms with Gasteiger partial charge in [-0.15, -0.1) is 0 Å². The van der Waals surface area contributed by atoms with E-state index in [1.54, 1.807) is 0 Å². The number of fused-ring (bicyclic) bond motifs is 2. The van der Waals surface area contributed by atoms with E-state index in [4.69, 9.17) is 4.74 Å². The summed E-state index contributed by atoms with van der Waals surface area (Å²) in [5.41, 5.74) is 4.20. The minimum absolute atomic E-state index is 0.932. The highest BCUT2D eigenvalue weighted by Gasteiger charge is 2.12. The normalized spacial score (nSPS) is 13.0. The zero-order valence-electron chi connectivity index (χ0n) is 15.1. The molecule has 128 valence electrons. The molecule has 0 aromatic heterocycles. The molecule has 0 heterocycles. The highest BCUT2D eigenvalue weighted by Crippen LogP contribution is 2.34. The Labute approximate surface area is 150 Å². The molecule has 0 bridgehead atoms. The molecule has 4 rings (SSSR count). The van der Waals surface area contributed by atoms with E-state index in [1.165, 1.54) is 46.8 Å². The summed E-state index contributed by atoms with van der Waals surface area (Å²) in [5.74, 6) is 1.88. The Morgan fingerprint density at radius 1 is 0.880 bits per heavy atom. The van der Waals surface area contributed by atoms with Crippen molar-refractivity contribution in [2.45, 2.75) is 33.1 Å². The maximum absolute atomic E-state index is 6.26. The fraction of sp³-hybridized carbons (Fsp3) is 0.304. The van der Waals surface area contributed by atoms with E-state index in [0.717, 1.165) is 24.6 Å². The monoisotopic (exact) mass is 331 g/mol. The Morgan fingerprint density at radius 2 is 1.72 bits per heavy atom. The van der Waals surface area contributed by atoms with Crippen molar-refractivity contribution in [1.29, 1.82) is 0 Å². The summed E-state index contributed by atoms with van der Waals surface area (Å²) in [7, 11) is 0. The van der Waals surface area contributed by atoms with Crippen LogP contribution in [0.5, 0.6) is 11.5 Å². The van der Waals surface area contributed by atoms with E-state index in [-0.39, 0.29) is 0 Å². The number of anilines is 1. The van der Waals surface area contributed by atoms with Gasteiger partial charge in [-0.05, 0) is 86.0 Å². The van der Waals surface area contributed by atoms with E-state index in [2.05, 4.69) is 73.3 Å². The van der Waals surface area contributed by atoms with Crippen LogP contribution in [-0.4, -0.2) is 13.1 Å². The van der Waals surface area contributed by atoms with Gasteiger partial charge >= 0.3 is 0 Å². The fourth-order valence-corrected chi connectivity index (χ4v) is 3.85. The average molecular weight is 331 g/mol. The van der Waals surface area contributed by atoms with Crippen LogP contribution in [0, 0.1) is 0 Å². The maximum atomic E-state index is 6.26. The quantitative estimate of drug-likeness (QED) is 0.571. The Morgan fingerprint density at radius 3 is 2.56 bits per heavy atom. The molecule has 3 aromatic rings. The van der Waals surface area contributed by atoms with Crippen LogP contribution < -0.4 is 9.64 Å². The molecule has 1 aliphatic rings. The number of nitrogens with zero attached hydrogens (tertiary/aromatic N) is 1. The van der Waals surface area contributed by atoms with Gasteiger partial charge in [-0.2, -0.15) is 0 Å². The molecule has 0 spiro atoms. The molecule has 25 heavy (non-hydrogen) atoms. The van der Waals surface area contributed by atoms with E-state index in [1.807, 2.05) is 0 Å². The van der Waals surface area contributed by atoms with Crippen LogP contribution in [0.1, 0.15) is 31.4 Å². The van der Waals surface area contributed by atoms with Crippen molar-refractivity contribution in [3.8, 4) is 11.5 Å². The van der Waals surface area contributed by atoms with Crippen LogP contribution in [0.15, 0.2) is 54.6 Å².